The SMILES string of the molecule is Cc1nn2c(-c3ccc(S(=O)(=O)NC[C@@H]4CCCO4)o3)nnc2c2ccccc12. The molecule has 29 heavy (non-hydrogen) atoms. The highest BCUT2D eigenvalue weighted by atomic mass is 32.2. The van der Waals surface area contributed by atoms with Crippen molar-refractivity contribution in [3.05, 3.63) is 42.1 Å². The number of benzene rings is 1. The van der Waals surface area contributed by atoms with Gasteiger partial charge < -0.3 is 9.15 Å². The molecule has 1 aliphatic rings. The second-order valence-electron chi connectivity index (χ2n) is 7.00. The fraction of sp³-hybridized carbons (Fsp3) is 0.316. The van der Waals surface area contributed by atoms with Crippen LogP contribution < -0.4 is 4.72 Å². The number of fused-ring (bicyclic) bond motifs is 3. The molecule has 4 heterocycles. The van der Waals surface area contributed by atoms with Crippen molar-refractivity contribution in [1.29, 1.82) is 0 Å². The van der Waals surface area contributed by atoms with E-state index in [1.165, 1.54) is 6.07 Å². The molecule has 0 amide bonds. The lowest BCUT2D eigenvalue weighted by Crippen LogP contribution is -2.31. The molecule has 1 aliphatic heterocycles. The predicted molar refractivity (Wildman–Crippen MR) is 105 cm³/mol. The molecule has 0 radical (unpaired) electrons. The van der Waals surface area contributed by atoms with Crippen molar-refractivity contribution in [3.63, 3.8) is 0 Å². The van der Waals surface area contributed by atoms with Crippen molar-refractivity contribution >= 4 is 26.4 Å². The van der Waals surface area contributed by atoms with Crippen molar-refractivity contribution in [2.75, 3.05) is 13.2 Å². The summed E-state index contributed by atoms with van der Waals surface area (Å²) in [4.78, 5) is 0. The second kappa shape index (κ2) is 6.90. The molecular weight excluding hydrogens is 394 g/mol. The molecule has 1 aromatic carbocycles. The van der Waals surface area contributed by atoms with Gasteiger partial charge in [0.2, 0.25) is 10.9 Å². The summed E-state index contributed by atoms with van der Waals surface area (Å²) < 4.78 is 40.3. The Bertz CT molecular complexity index is 1300. The first-order valence-electron chi connectivity index (χ1n) is 9.35. The highest BCUT2D eigenvalue weighted by Gasteiger charge is 2.24. The van der Waals surface area contributed by atoms with Gasteiger partial charge in [-0.2, -0.15) is 9.61 Å². The van der Waals surface area contributed by atoms with Gasteiger partial charge in [-0.15, -0.1) is 10.2 Å². The van der Waals surface area contributed by atoms with Gasteiger partial charge in [-0.1, -0.05) is 24.3 Å². The quantitative estimate of drug-likeness (QED) is 0.534. The largest absolute Gasteiger partial charge is 0.440 e. The van der Waals surface area contributed by atoms with Gasteiger partial charge in [-0.05, 0) is 31.9 Å². The second-order valence-corrected chi connectivity index (χ2v) is 8.69. The fourth-order valence-corrected chi connectivity index (χ4v) is 4.55. The van der Waals surface area contributed by atoms with Crippen molar-refractivity contribution < 1.29 is 17.6 Å². The third-order valence-corrected chi connectivity index (χ3v) is 6.34. The lowest BCUT2D eigenvalue weighted by molar-refractivity contribution is 0.114. The van der Waals surface area contributed by atoms with E-state index in [0.29, 0.717) is 18.1 Å². The molecule has 1 atom stereocenters. The van der Waals surface area contributed by atoms with Gasteiger partial charge in [0.15, 0.2) is 11.4 Å². The summed E-state index contributed by atoms with van der Waals surface area (Å²) in [7, 11) is -3.79. The highest BCUT2D eigenvalue weighted by Crippen LogP contribution is 2.27. The van der Waals surface area contributed by atoms with E-state index in [-0.39, 0.29) is 23.5 Å². The maximum atomic E-state index is 12.5. The summed E-state index contributed by atoms with van der Waals surface area (Å²) in [6, 6.07) is 10.8. The van der Waals surface area contributed by atoms with E-state index in [4.69, 9.17) is 9.15 Å². The molecular formula is C19H19N5O4S. The van der Waals surface area contributed by atoms with Gasteiger partial charge in [-0.25, -0.2) is 13.1 Å². The van der Waals surface area contributed by atoms with E-state index in [1.54, 1.807) is 10.6 Å². The summed E-state index contributed by atoms with van der Waals surface area (Å²) in [5.41, 5.74) is 1.39. The molecule has 1 saturated heterocycles. The highest BCUT2D eigenvalue weighted by molar-refractivity contribution is 7.89. The van der Waals surface area contributed by atoms with Crippen LogP contribution in [0.2, 0.25) is 0 Å². The van der Waals surface area contributed by atoms with Crippen molar-refractivity contribution in [2.24, 2.45) is 0 Å². The zero-order chi connectivity index (χ0) is 20.0. The minimum Gasteiger partial charge on any atom is -0.440 e. The van der Waals surface area contributed by atoms with Crippen LogP contribution in [0.5, 0.6) is 0 Å². The van der Waals surface area contributed by atoms with E-state index in [0.717, 1.165) is 29.3 Å². The van der Waals surface area contributed by atoms with Crippen LogP contribution in [0, 0.1) is 6.92 Å². The molecule has 1 fully saturated rings. The summed E-state index contributed by atoms with van der Waals surface area (Å²) in [6.07, 6.45) is 1.69. The Balaban J connectivity index is 1.49. The molecule has 150 valence electrons. The van der Waals surface area contributed by atoms with Crippen molar-refractivity contribution in [1.82, 2.24) is 24.5 Å². The number of sulfonamides is 1. The van der Waals surface area contributed by atoms with E-state index < -0.39 is 10.0 Å². The zero-order valence-corrected chi connectivity index (χ0v) is 16.5. The number of aryl methyl sites for hydroxylation is 1. The van der Waals surface area contributed by atoms with Crippen LogP contribution in [0.3, 0.4) is 0 Å². The molecule has 0 unspecified atom stereocenters. The van der Waals surface area contributed by atoms with Crippen LogP contribution in [0.4, 0.5) is 0 Å². The molecule has 10 heteroatoms. The standard InChI is InChI=1S/C19H19N5O4S/c1-12-14-6-2-3-7-15(14)18-21-22-19(24(18)23-12)16-8-9-17(28-16)29(25,26)20-11-13-5-4-10-27-13/h2-3,6-9,13,20H,4-5,10-11H2,1H3/t13-/m0/s1. The number of nitrogens with zero attached hydrogens (tertiary/aromatic N) is 4. The van der Waals surface area contributed by atoms with Crippen LogP contribution in [0.1, 0.15) is 18.5 Å². The Morgan fingerprint density at radius 3 is 2.79 bits per heavy atom. The first-order chi connectivity index (χ1) is 14.0. The van der Waals surface area contributed by atoms with Gasteiger partial charge in [0.25, 0.3) is 10.0 Å². The molecule has 5 rings (SSSR count). The van der Waals surface area contributed by atoms with Crippen molar-refractivity contribution in [2.45, 2.75) is 31.0 Å². The van der Waals surface area contributed by atoms with E-state index >= 15 is 0 Å². The maximum absolute atomic E-state index is 12.5. The molecule has 0 saturated carbocycles. The number of furan rings is 1. The first kappa shape index (κ1) is 18.2. The van der Waals surface area contributed by atoms with Crippen LogP contribution in [-0.2, 0) is 14.8 Å². The molecule has 1 N–H and O–H groups in total. The van der Waals surface area contributed by atoms with Gasteiger partial charge in [0.05, 0.1) is 11.8 Å². The Hall–Kier alpha value is -2.82. The average Bonchev–Trinajstić information content (AvgIpc) is 3.46. The number of hydrogen-bond donors (Lipinski definition) is 1. The third kappa shape index (κ3) is 3.18. The zero-order valence-electron chi connectivity index (χ0n) is 15.7. The normalized spacial score (nSPS) is 17.5. The fourth-order valence-electron chi connectivity index (χ4n) is 3.56. The Morgan fingerprint density at radius 1 is 1.17 bits per heavy atom. The number of ether oxygens (including phenoxy) is 1. The average molecular weight is 413 g/mol. The molecule has 4 aromatic rings. The van der Waals surface area contributed by atoms with Crippen LogP contribution in [0.15, 0.2) is 45.9 Å². The van der Waals surface area contributed by atoms with E-state index in [2.05, 4.69) is 20.0 Å². The van der Waals surface area contributed by atoms with Gasteiger partial charge in [-0.3, -0.25) is 0 Å². The summed E-state index contributed by atoms with van der Waals surface area (Å²) in [6.45, 7) is 2.79. The van der Waals surface area contributed by atoms with E-state index in [1.807, 2.05) is 31.2 Å². The monoisotopic (exact) mass is 413 g/mol. The van der Waals surface area contributed by atoms with Crippen LogP contribution in [-0.4, -0.2) is 47.5 Å². The topological polar surface area (TPSA) is 112 Å². The Kier molecular flexibility index (Phi) is 4.34. The molecule has 0 spiro atoms. The first-order valence-corrected chi connectivity index (χ1v) is 10.8. The Labute approximate surface area is 166 Å². The van der Waals surface area contributed by atoms with E-state index in [9.17, 15) is 8.42 Å². The smallest absolute Gasteiger partial charge is 0.274 e. The maximum Gasteiger partial charge on any atom is 0.274 e. The molecule has 3 aromatic heterocycles. The van der Waals surface area contributed by atoms with Crippen molar-refractivity contribution in [3.8, 4) is 11.6 Å². The summed E-state index contributed by atoms with van der Waals surface area (Å²) in [5.74, 6) is 0.617. The third-order valence-electron chi connectivity index (χ3n) is 5.04. The molecule has 9 nitrogen and oxygen atoms in total. The minimum absolute atomic E-state index is 0.0971. The van der Waals surface area contributed by atoms with Gasteiger partial charge in [0.1, 0.15) is 0 Å². The van der Waals surface area contributed by atoms with Crippen LogP contribution in [0.25, 0.3) is 28.0 Å². The number of hydrogen-bond acceptors (Lipinski definition) is 7. The Morgan fingerprint density at radius 2 is 2.00 bits per heavy atom. The number of nitrogens with one attached hydrogen (secondary N) is 1. The summed E-state index contributed by atoms with van der Waals surface area (Å²) in [5, 5.41) is 14.7. The summed E-state index contributed by atoms with van der Waals surface area (Å²) >= 11 is 0. The molecule has 0 aliphatic carbocycles. The molecule has 0 bridgehead atoms. The number of aromatic nitrogens is 4. The lowest BCUT2D eigenvalue weighted by Gasteiger charge is -2.09. The predicted octanol–water partition coefficient (Wildman–Crippen LogP) is 2.30. The number of rotatable bonds is 5. The lowest BCUT2D eigenvalue weighted by atomic mass is 10.1. The minimum atomic E-state index is -3.79. The van der Waals surface area contributed by atoms with Gasteiger partial charge >= 0.3 is 0 Å². The van der Waals surface area contributed by atoms with Gasteiger partial charge in [0, 0.05) is 23.9 Å². The van der Waals surface area contributed by atoms with Crippen LogP contribution >= 0.6 is 0 Å².